The van der Waals surface area contributed by atoms with Crippen molar-refractivity contribution >= 4 is 6.09 Å². The molecule has 0 aromatic rings. The smallest absolute Gasteiger partial charge is 0.410 e. The molecule has 0 aromatic heterocycles. The molecule has 0 aliphatic carbocycles. The van der Waals surface area contributed by atoms with Crippen LogP contribution in [0.4, 0.5) is 4.79 Å². The van der Waals surface area contributed by atoms with E-state index in [1.807, 2.05) is 25.7 Å². The maximum atomic E-state index is 12.3. The number of likely N-dealkylation sites (tertiary alicyclic amines) is 1. The molecule has 2 heterocycles. The number of ether oxygens (including phenoxy) is 2. The molecule has 5 nitrogen and oxygen atoms in total. The topological polar surface area (TPSA) is 50.8 Å². The summed E-state index contributed by atoms with van der Waals surface area (Å²) in [5.41, 5.74) is -0.417. The Kier molecular flexibility index (Phi) is 6.72. The highest BCUT2D eigenvalue weighted by molar-refractivity contribution is 5.68. The van der Waals surface area contributed by atoms with Crippen molar-refractivity contribution in [3.05, 3.63) is 0 Å². The number of hydrogen-bond acceptors (Lipinski definition) is 4. The Labute approximate surface area is 141 Å². The standard InChI is InChI=1S/C18H34N2O3/c1-5-16-13-14(9-12-22-16)19-10-8-15-7-6-11-20(15)17(21)23-18(2,3)4/h14-16,19H,5-13H2,1-4H3. The van der Waals surface area contributed by atoms with E-state index < -0.39 is 5.60 Å². The van der Waals surface area contributed by atoms with Crippen molar-refractivity contribution in [3.63, 3.8) is 0 Å². The molecule has 23 heavy (non-hydrogen) atoms. The normalized spacial score (nSPS) is 28.9. The highest BCUT2D eigenvalue weighted by Crippen LogP contribution is 2.23. The van der Waals surface area contributed by atoms with Crippen LogP contribution < -0.4 is 5.32 Å². The van der Waals surface area contributed by atoms with Crippen LogP contribution in [0.3, 0.4) is 0 Å². The predicted molar refractivity (Wildman–Crippen MR) is 91.6 cm³/mol. The molecule has 0 aromatic carbocycles. The van der Waals surface area contributed by atoms with Crippen molar-refractivity contribution in [1.82, 2.24) is 10.2 Å². The minimum absolute atomic E-state index is 0.155. The van der Waals surface area contributed by atoms with Gasteiger partial charge in [0.2, 0.25) is 0 Å². The van der Waals surface area contributed by atoms with E-state index in [0.717, 1.165) is 58.2 Å². The Morgan fingerprint density at radius 2 is 2.13 bits per heavy atom. The first-order valence-corrected chi connectivity index (χ1v) is 9.23. The summed E-state index contributed by atoms with van der Waals surface area (Å²) < 4.78 is 11.2. The van der Waals surface area contributed by atoms with Crippen LogP contribution in [-0.4, -0.2) is 54.5 Å². The third kappa shape index (κ3) is 5.96. The van der Waals surface area contributed by atoms with Gasteiger partial charge in [-0.25, -0.2) is 4.79 Å². The molecule has 2 saturated heterocycles. The van der Waals surface area contributed by atoms with Crippen molar-refractivity contribution < 1.29 is 14.3 Å². The Balaban J connectivity index is 1.73. The summed E-state index contributed by atoms with van der Waals surface area (Å²) in [6, 6.07) is 0.879. The fourth-order valence-corrected chi connectivity index (χ4v) is 3.50. The lowest BCUT2D eigenvalue weighted by molar-refractivity contribution is -0.000401. The summed E-state index contributed by atoms with van der Waals surface area (Å²) >= 11 is 0. The summed E-state index contributed by atoms with van der Waals surface area (Å²) in [6.45, 7) is 10.6. The lowest BCUT2D eigenvalue weighted by Crippen LogP contribution is -2.43. The van der Waals surface area contributed by atoms with Gasteiger partial charge in [0.1, 0.15) is 5.60 Å². The van der Waals surface area contributed by atoms with Crippen LogP contribution in [0.1, 0.15) is 66.2 Å². The first-order chi connectivity index (χ1) is 10.9. The van der Waals surface area contributed by atoms with Gasteiger partial charge < -0.3 is 19.7 Å². The van der Waals surface area contributed by atoms with Crippen LogP contribution in [0.2, 0.25) is 0 Å². The molecule has 0 radical (unpaired) electrons. The molecule has 3 atom stereocenters. The fourth-order valence-electron chi connectivity index (χ4n) is 3.50. The summed E-state index contributed by atoms with van der Waals surface area (Å²) in [5, 5.41) is 3.66. The average molecular weight is 326 g/mol. The maximum Gasteiger partial charge on any atom is 0.410 e. The second-order valence-electron chi connectivity index (χ2n) is 7.83. The summed E-state index contributed by atoms with van der Waals surface area (Å²) in [5.74, 6) is 0. The van der Waals surface area contributed by atoms with E-state index >= 15 is 0 Å². The van der Waals surface area contributed by atoms with Gasteiger partial charge in [-0.2, -0.15) is 0 Å². The van der Waals surface area contributed by atoms with Crippen molar-refractivity contribution in [2.45, 2.75) is 90.0 Å². The van der Waals surface area contributed by atoms with E-state index in [1.54, 1.807) is 0 Å². The molecule has 2 aliphatic heterocycles. The van der Waals surface area contributed by atoms with Gasteiger partial charge in [0.25, 0.3) is 0 Å². The van der Waals surface area contributed by atoms with E-state index in [4.69, 9.17) is 9.47 Å². The molecule has 1 N–H and O–H groups in total. The molecule has 3 unspecified atom stereocenters. The lowest BCUT2D eigenvalue weighted by atomic mass is 10.0. The van der Waals surface area contributed by atoms with Crippen LogP contribution in [0, 0.1) is 0 Å². The average Bonchev–Trinajstić information content (AvgIpc) is 2.94. The SMILES string of the molecule is CCC1CC(NCCC2CCCN2C(=O)OC(C)(C)C)CCO1. The van der Waals surface area contributed by atoms with Crippen molar-refractivity contribution in [1.29, 1.82) is 0 Å². The number of rotatable bonds is 5. The Morgan fingerprint density at radius 1 is 1.35 bits per heavy atom. The van der Waals surface area contributed by atoms with E-state index in [0.29, 0.717) is 18.2 Å². The zero-order chi connectivity index (χ0) is 16.9. The number of hydrogen-bond donors (Lipinski definition) is 1. The first-order valence-electron chi connectivity index (χ1n) is 9.23. The number of nitrogens with one attached hydrogen (secondary N) is 1. The van der Waals surface area contributed by atoms with E-state index in [2.05, 4.69) is 12.2 Å². The Morgan fingerprint density at radius 3 is 2.83 bits per heavy atom. The molecule has 134 valence electrons. The van der Waals surface area contributed by atoms with Gasteiger partial charge >= 0.3 is 6.09 Å². The number of carbonyl (C=O) groups excluding carboxylic acids is 1. The fraction of sp³-hybridized carbons (Fsp3) is 0.944. The van der Waals surface area contributed by atoms with E-state index in [-0.39, 0.29) is 6.09 Å². The van der Waals surface area contributed by atoms with Crippen molar-refractivity contribution in [2.24, 2.45) is 0 Å². The quantitative estimate of drug-likeness (QED) is 0.842. The number of amides is 1. The molecule has 2 rings (SSSR count). The monoisotopic (exact) mass is 326 g/mol. The number of nitrogens with zero attached hydrogens (tertiary/aromatic N) is 1. The van der Waals surface area contributed by atoms with Gasteiger partial charge in [0.15, 0.2) is 0 Å². The molecule has 0 saturated carbocycles. The third-order valence-corrected chi connectivity index (χ3v) is 4.74. The second-order valence-corrected chi connectivity index (χ2v) is 7.83. The van der Waals surface area contributed by atoms with Gasteiger partial charge in [0.05, 0.1) is 6.10 Å². The molecular weight excluding hydrogens is 292 g/mol. The molecule has 0 spiro atoms. The van der Waals surface area contributed by atoms with Crippen LogP contribution in [0.5, 0.6) is 0 Å². The van der Waals surface area contributed by atoms with Gasteiger partial charge in [-0.15, -0.1) is 0 Å². The predicted octanol–water partition coefficient (Wildman–Crippen LogP) is 3.32. The highest BCUT2D eigenvalue weighted by atomic mass is 16.6. The largest absolute Gasteiger partial charge is 0.444 e. The minimum atomic E-state index is -0.417. The van der Waals surface area contributed by atoms with E-state index in [9.17, 15) is 4.79 Å². The van der Waals surface area contributed by atoms with Gasteiger partial charge in [-0.1, -0.05) is 6.92 Å². The summed E-state index contributed by atoms with van der Waals surface area (Å²) in [4.78, 5) is 14.2. The summed E-state index contributed by atoms with van der Waals surface area (Å²) in [7, 11) is 0. The Bertz CT molecular complexity index is 381. The molecular formula is C18H34N2O3. The van der Waals surface area contributed by atoms with Crippen LogP contribution in [0.25, 0.3) is 0 Å². The van der Waals surface area contributed by atoms with E-state index in [1.165, 1.54) is 0 Å². The van der Waals surface area contributed by atoms with Crippen LogP contribution in [0.15, 0.2) is 0 Å². The van der Waals surface area contributed by atoms with Crippen molar-refractivity contribution in [2.75, 3.05) is 19.7 Å². The molecule has 0 bridgehead atoms. The second kappa shape index (κ2) is 8.34. The van der Waals surface area contributed by atoms with Gasteiger partial charge in [-0.3, -0.25) is 0 Å². The van der Waals surface area contributed by atoms with Crippen molar-refractivity contribution in [3.8, 4) is 0 Å². The highest BCUT2D eigenvalue weighted by Gasteiger charge is 2.32. The Hall–Kier alpha value is -0.810. The number of carbonyl (C=O) groups is 1. The molecule has 1 amide bonds. The van der Waals surface area contributed by atoms with Gasteiger partial charge in [-0.05, 0) is 65.8 Å². The zero-order valence-electron chi connectivity index (χ0n) is 15.3. The lowest BCUT2D eigenvalue weighted by Gasteiger charge is -2.31. The molecule has 5 heteroatoms. The molecule has 2 fully saturated rings. The summed E-state index contributed by atoms with van der Waals surface area (Å²) in [6.07, 6.45) is 6.72. The first kappa shape index (κ1) is 18.5. The molecule has 2 aliphatic rings. The maximum absolute atomic E-state index is 12.3. The zero-order valence-corrected chi connectivity index (χ0v) is 15.3. The third-order valence-electron chi connectivity index (χ3n) is 4.74. The van der Waals surface area contributed by atoms with Crippen LogP contribution >= 0.6 is 0 Å². The van der Waals surface area contributed by atoms with Gasteiger partial charge in [0, 0.05) is 25.2 Å². The van der Waals surface area contributed by atoms with Crippen LogP contribution in [-0.2, 0) is 9.47 Å². The minimum Gasteiger partial charge on any atom is -0.444 e.